The molecule has 1 fully saturated rings. The van der Waals surface area contributed by atoms with Crippen molar-refractivity contribution in [2.75, 3.05) is 25.5 Å². The molecule has 1 aliphatic rings. The fourth-order valence-electron chi connectivity index (χ4n) is 2.51. The molecule has 1 saturated heterocycles. The van der Waals surface area contributed by atoms with E-state index in [9.17, 15) is 4.79 Å². The van der Waals surface area contributed by atoms with Crippen LogP contribution in [0.4, 0.5) is 5.69 Å². The van der Waals surface area contributed by atoms with E-state index < -0.39 is 0 Å². The number of nitrogens with zero attached hydrogens (tertiary/aromatic N) is 2. The zero-order chi connectivity index (χ0) is 14.0. The van der Waals surface area contributed by atoms with Gasteiger partial charge in [0.1, 0.15) is 5.69 Å². The number of aromatic nitrogens is 1. The Hall–Kier alpha value is -1.49. The van der Waals surface area contributed by atoms with E-state index in [0.717, 1.165) is 13.0 Å². The first-order valence-corrected chi connectivity index (χ1v) is 6.81. The van der Waals surface area contributed by atoms with Crippen molar-refractivity contribution in [1.82, 2.24) is 9.47 Å². The fourth-order valence-corrected chi connectivity index (χ4v) is 2.51. The number of carbonyl (C=O) groups is 1. The number of aryl methyl sites for hydroxylation is 1. The first-order valence-electron chi connectivity index (χ1n) is 6.81. The maximum Gasteiger partial charge on any atom is 0.271 e. The van der Waals surface area contributed by atoms with Crippen LogP contribution >= 0.6 is 0 Å². The quantitative estimate of drug-likeness (QED) is 0.905. The van der Waals surface area contributed by atoms with Crippen molar-refractivity contribution in [1.29, 1.82) is 0 Å². The van der Waals surface area contributed by atoms with Gasteiger partial charge in [0.15, 0.2) is 0 Å². The highest BCUT2D eigenvalue weighted by Crippen LogP contribution is 2.23. The molecule has 19 heavy (non-hydrogen) atoms. The average Bonchev–Trinajstić information content (AvgIpc) is 2.69. The van der Waals surface area contributed by atoms with Gasteiger partial charge in [0.25, 0.3) is 5.91 Å². The second kappa shape index (κ2) is 5.25. The van der Waals surface area contributed by atoms with E-state index in [0.29, 0.717) is 31.1 Å². The summed E-state index contributed by atoms with van der Waals surface area (Å²) in [5, 5.41) is 0. The Morgan fingerprint density at radius 1 is 1.53 bits per heavy atom. The number of hydrogen-bond donors (Lipinski definition) is 1. The van der Waals surface area contributed by atoms with Crippen molar-refractivity contribution in [3.63, 3.8) is 0 Å². The standard InChI is InChI=1S/C14H23N3O2/c1-4-5-16-9-11(15)8-12(16)13(18)17-6-7-19-10-14(17,2)3/h8-9H,4-7,10,15H2,1-3H3. The van der Waals surface area contributed by atoms with E-state index in [1.807, 2.05) is 29.5 Å². The molecule has 0 radical (unpaired) electrons. The van der Waals surface area contributed by atoms with Crippen LogP contribution in [0.1, 0.15) is 37.7 Å². The van der Waals surface area contributed by atoms with E-state index in [-0.39, 0.29) is 11.4 Å². The number of nitrogens with two attached hydrogens (primary N) is 1. The van der Waals surface area contributed by atoms with Gasteiger partial charge in [0.05, 0.1) is 24.4 Å². The minimum absolute atomic E-state index is 0.0402. The zero-order valence-corrected chi connectivity index (χ0v) is 12.0. The lowest BCUT2D eigenvalue weighted by Gasteiger charge is -2.42. The Bertz CT molecular complexity index is 465. The average molecular weight is 265 g/mol. The molecule has 2 heterocycles. The summed E-state index contributed by atoms with van der Waals surface area (Å²) in [7, 11) is 0. The molecule has 1 aromatic rings. The summed E-state index contributed by atoms with van der Waals surface area (Å²) in [6, 6.07) is 1.77. The van der Waals surface area contributed by atoms with Gasteiger partial charge in [0, 0.05) is 19.3 Å². The van der Waals surface area contributed by atoms with E-state index in [1.165, 1.54) is 0 Å². The summed E-state index contributed by atoms with van der Waals surface area (Å²) in [5.41, 5.74) is 6.87. The lowest BCUT2D eigenvalue weighted by Crippen LogP contribution is -2.55. The molecule has 0 unspecified atom stereocenters. The van der Waals surface area contributed by atoms with Crippen molar-refractivity contribution in [3.05, 3.63) is 18.0 Å². The first kappa shape index (κ1) is 13.9. The van der Waals surface area contributed by atoms with Crippen LogP contribution in [0.5, 0.6) is 0 Å². The van der Waals surface area contributed by atoms with Gasteiger partial charge in [-0.25, -0.2) is 0 Å². The van der Waals surface area contributed by atoms with Crippen LogP contribution in [0.2, 0.25) is 0 Å². The van der Waals surface area contributed by atoms with Crippen molar-refractivity contribution in [2.24, 2.45) is 0 Å². The van der Waals surface area contributed by atoms with Crippen LogP contribution in [0.25, 0.3) is 0 Å². The first-order chi connectivity index (χ1) is 8.95. The molecule has 0 aromatic carbocycles. The second-order valence-electron chi connectivity index (χ2n) is 5.67. The Kier molecular flexibility index (Phi) is 3.85. The Morgan fingerprint density at radius 2 is 2.26 bits per heavy atom. The van der Waals surface area contributed by atoms with E-state index in [2.05, 4.69) is 6.92 Å². The summed E-state index contributed by atoms with van der Waals surface area (Å²) in [5.74, 6) is 0.0402. The molecule has 5 nitrogen and oxygen atoms in total. The van der Waals surface area contributed by atoms with Crippen LogP contribution in [-0.4, -0.2) is 40.7 Å². The van der Waals surface area contributed by atoms with Crippen LogP contribution in [-0.2, 0) is 11.3 Å². The molecule has 1 aliphatic heterocycles. The Morgan fingerprint density at radius 3 is 2.89 bits per heavy atom. The molecule has 0 aliphatic carbocycles. The van der Waals surface area contributed by atoms with Gasteiger partial charge in [-0.1, -0.05) is 6.92 Å². The van der Waals surface area contributed by atoms with E-state index in [1.54, 1.807) is 6.07 Å². The minimum Gasteiger partial charge on any atom is -0.397 e. The summed E-state index contributed by atoms with van der Waals surface area (Å²) in [4.78, 5) is 14.6. The van der Waals surface area contributed by atoms with Crippen molar-refractivity contribution < 1.29 is 9.53 Å². The third-order valence-corrected chi connectivity index (χ3v) is 3.49. The molecular weight excluding hydrogens is 242 g/mol. The summed E-state index contributed by atoms with van der Waals surface area (Å²) in [6.45, 7) is 8.75. The molecule has 2 N–H and O–H groups in total. The van der Waals surface area contributed by atoms with Crippen LogP contribution in [0.15, 0.2) is 12.3 Å². The summed E-state index contributed by atoms with van der Waals surface area (Å²) < 4.78 is 7.41. The summed E-state index contributed by atoms with van der Waals surface area (Å²) in [6.07, 6.45) is 2.81. The van der Waals surface area contributed by atoms with Crippen molar-refractivity contribution >= 4 is 11.6 Å². The van der Waals surface area contributed by atoms with Gasteiger partial charge in [-0.15, -0.1) is 0 Å². The predicted molar refractivity (Wildman–Crippen MR) is 75.1 cm³/mol. The third-order valence-electron chi connectivity index (χ3n) is 3.49. The molecule has 0 saturated carbocycles. The maximum atomic E-state index is 12.7. The molecule has 0 atom stereocenters. The largest absolute Gasteiger partial charge is 0.397 e. The molecular formula is C14H23N3O2. The molecule has 5 heteroatoms. The summed E-state index contributed by atoms with van der Waals surface area (Å²) >= 11 is 0. The highest BCUT2D eigenvalue weighted by Gasteiger charge is 2.35. The molecule has 1 aromatic heterocycles. The number of rotatable bonds is 3. The second-order valence-corrected chi connectivity index (χ2v) is 5.67. The van der Waals surface area contributed by atoms with Gasteiger partial charge in [0.2, 0.25) is 0 Å². The normalized spacial score (nSPS) is 18.6. The highest BCUT2D eigenvalue weighted by molar-refractivity contribution is 5.94. The van der Waals surface area contributed by atoms with Crippen LogP contribution < -0.4 is 5.73 Å². The van der Waals surface area contributed by atoms with Gasteiger partial charge < -0.3 is 19.9 Å². The topological polar surface area (TPSA) is 60.5 Å². The van der Waals surface area contributed by atoms with Crippen molar-refractivity contribution in [3.8, 4) is 0 Å². The van der Waals surface area contributed by atoms with Gasteiger partial charge in [-0.2, -0.15) is 0 Å². The number of anilines is 1. The fraction of sp³-hybridized carbons (Fsp3) is 0.643. The minimum atomic E-state index is -0.272. The monoisotopic (exact) mass is 265 g/mol. The lowest BCUT2D eigenvalue weighted by atomic mass is 10.0. The number of amides is 1. The molecule has 0 spiro atoms. The number of carbonyl (C=O) groups excluding carboxylic acids is 1. The number of morpholine rings is 1. The van der Waals surface area contributed by atoms with Gasteiger partial charge in [-0.3, -0.25) is 4.79 Å². The third kappa shape index (κ3) is 2.76. The smallest absolute Gasteiger partial charge is 0.271 e. The SMILES string of the molecule is CCCn1cc(N)cc1C(=O)N1CCOCC1(C)C. The Balaban J connectivity index is 2.28. The van der Waals surface area contributed by atoms with Crippen LogP contribution in [0, 0.1) is 0 Å². The Labute approximate surface area is 114 Å². The molecule has 0 bridgehead atoms. The van der Waals surface area contributed by atoms with E-state index in [4.69, 9.17) is 10.5 Å². The zero-order valence-electron chi connectivity index (χ0n) is 12.0. The molecule has 1 amide bonds. The molecule has 106 valence electrons. The van der Waals surface area contributed by atoms with Gasteiger partial charge in [-0.05, 0) is 26.3 Å². The number of nitrogen functional groups attached to an aromatic ring is 1. The highest BCUT2D eigenvalue weighted by atomic mass is 16.5. The van der Waals surface area contributed by atoms with Crippen molar-refractivity contribution in [2.45, 2.75) is 39.3 Å². The number of hydrogen-bond acceptors (Lipinski definition) is 3. The molecule has 2 rings (SSSR count). The predicted octanol–water partition coefficient (Wildman–Crippen LogP) is 1.73. The van der Waals surface area contributed by atoms with Gasteiger partial charge >= 0.3 is 0 Å². The van der Waals surface area contributed by atoms with E-state index >= 15 is 0 Å². The number of ether oxygens (including phenoxy) is 1. The van der Waals surface area contributed by atoms with Crippen LogP contribution in [0.3, 0.4) is 0 Å². The lowest BCUT2D eigenvalue weighted by molar-refractivity contribution is -0.0375. The maximum absolute atomic E-state index is 12.7.